The molecule has 102 valence electrons. The van der Waals surface area contributed by atoms with Crippen LogP contribution in [0.15, 0.2) is 30.5 Å². The Balaban J connectivity index is 2.01. The molecular formula is C14H20N4O. The maximum Gasteiger partial charge on any atom is 0.119 e. The molecule has 1 aromatic heterocycles. The topological polar surface area (TPSA) is 52.0 Å². The molecule has 5 heteroatoms. The summed E-state index contributed by atoms with van der Waals surface area (Å²) in [7, 11) is 5.54. The molecule has 0 spiro atoms. The zero-order valence-corrected chi connectivity index (χ0v) is 11.6. The Morgan fingerprint density at radius 1 is 1.37 bits per heavy atom. The van der Waals surface area contributed by atoms with Gasteiger partial charge in [-0.3, -0.25) is 4.68 Å². The summed E-state index contributed by atoms with van der Waals surface area (Å²) in [6, 6.07) is 8.50. The van der Waals surface area contributed by atoms with E-state index < -0.39 is 0 Å². The van der Waals surface area contributed by atoms with Gasteiger partial charge >= 0.3 is 0 Å². The van der Waals surface area contributed by atoms with Gasteiger partial charge in [0.2, 0.25) is 0 Å². The lowest BCUT2D eigenvalue weighted by atomic mass is 10.0. The van der Waals surface area contributed by atoms with E-state index in [1.54, 1.807) is 11.8 Å². The van der Waals surface area contributed by atoms with Gasteiger partial charge < -0.3 is 10.1 Å². The van der Waals surface area contributed by atoms with Crippen LogP contribution in [0.4, 0.5) is 0 Å². The fourth-order valence-electron chi connectivity index (χ4n) is 2.10. The SMILES string of the molecule is CNC(Cc1cccc(OC)c1)Cc1cn(C)nn1. The average molecular weight is 260 g/mol. The van der Waals surface area contributed by atoms with Gasteiger partial charge in [-0.25, -0.2) is 0 Å². The first-order valence-corrected chi connectivity index (χ1v) is 6.36. The second kappa shape index (κ2) is 6.33. The summed E-state index contributed by atoms with van der Waals surface area (Å²) >= 11 is 0. The molecule has 1 N–H and O–H groups in total. The second-order valence-corrected chi connectivity index (χ2v) is 4.63. The Morgan fingerprint density at radius 3 is 2.84 bits per heavy atom. The molecule has 0 aliphatic rings. The predicted molar refractivity (Wildman–Crippen MR) is 74.3 cm³/mol. The quantitative estimate of drug-likeness (QED) is 0.848. The smallest absolute Gasteiger partial charge is 0.119 e. The summed E-state index contributed by atoms with van der Waals surface area (Å²) in [5.74, 6) is 0.895. The van der Waals surface area contributed by atoms with Crippen molar-refractivity contribution in [3.63, 3.8) is 0 Å². The third kappa shape index (κ3) is 3.79. The first kappa shape index (κ1) is 13.5. The molecule has 2 aromatic rings. The van der Waals surface area contributed by atoms with Gasteiger partial charge in [0.15, 0.2) is 0 Å². The van der Waals surface area contributed by atoms with Crippen LogP contribution in [0.1, 0.15) is 11.3 Å². The molecule has 0 bridgehead atoms. The van der Waals surface area contributed by atoms with Crippen LogP contribution in [-0.4, -0.2) is 35.2 Å². The lowest BCUT2D eigenvalue weighted by molar-refractivity contribution is 0.414. The van der Waals surface area contributed by atoms with Crippen LogP contribution in [-0.2, 0) is 19.9 Å². The monoisotopic (exact) mass is 260 g/mol. The van der Waals surface area contributed by atoms with Crippen molar-refractivity contribution in [2.45, 2.75) is 18.9 Å². The van der Waals surface area contributed by atoms with Crippen LogP contribution in [0.25, 0.3) is 0 Å². The van der Waals surface area contributed by atoms with E-state index in [2.05, 4.69) is 27.8 Å². The molecule has 1 atom stereocenters. The third-order valence-corrected chi connectivity index (χ3v) is 3.13. The first-order valence-electron chi connectivity index (χ1n) is 6.36. The molecule has 1 aromatic carbocycles. The van der Waals surface area contributed by atoms with Crippen LogP contribution < -0.4 is 10.1 Å². The number of methoxy groups -OCH3 is 1. The Labute approximate surface area is 113 Å². The number of ether oxygens (including phenoxy) is 1. The van der Waals surface area contributed by atoms with E-state index in [9.17, 15) is 0 Å². The predicted octanol–water partition coefficient (Wildman–Crippen LogP) is 1.20. The molecular weight excluding hydrogens is 240 g/mol. The molecule has 0 saturated carbocycles. The number of benzene rings is 1. The maximum atomic E-state index is 5.25. The number of hydrogen-bond acceptors (Lipinski definition) is 4. The van der Waals surface area contributed by atoms with Gasteiger partial charge in [0, 0.05) is 25.7 Å². The number of nitrogens with zero attached hydrogens (tertiary/aromatic N) is 3. The molecule has 19 heavy (non-hydrogen) atoms. The minimum atomic E-state index is 0.337. The van der Waals surface area contributed by atoms with Crippen molar-refractivity contribution in [1.29, 1.82) is 0 Å². The minimum absolute atomic E-state index is 0.337. The highest BCUT2D eigenvalue weighted by Crippen LogP contribution is 2.15. The normalized spacial score (nSPS) is 12.4. The van der Waals surface area contributed by atoms with Gasteiger partial charge in [-0.2, -0.15) is 0 Å². The molecule has 0 saturated heterocycles. The average Bonchev–Trinajstić information content (AvgIpc) is 2.83. The highest BCUT2D eigenvalue weighted by molar-refractivity contribution is 5.29. The van der Waals surface area contributed by atoms with Crippen molar-refractivity contribution in [1.82, 2.24) is 20.3 Å². The molecule has 2 rings (SSSR count). The number of hydrogen-bond donors (Lipinski definition) is 1. The van der Waals surface area contributed by atoms with Crippen molar-refractivity contribution in [3.05, 3.63) is 41.7 Å². The standard InChI is InChI=1S/C14H20N4O/c1-15-12(9-13-10-18(2)17-16-13)7-11-5-4-6-14(8-11)19-3/h4-6,8,10,12,15H,7,9H2,1-3H3. The third-order valence-electron chi connectivity index (χ3n) is 3.13. The van der Waals surface area contributed by atoms with Crippen molar-refractivity contribution in [2.24, 2.45) is 7.05 Å². The molecule has 0 aliphatic carbocycles. The maximum absolute atomic E-state index is 5.25. The summed E-state index contributed by atoms with van der Waals surface area (Å²) in [5.41, 5.74) is 2.26. The zero-order chi connectivity index (χ0) is 13.7. The summed E-state index contributed by atoms with van der Waals surface area (Å²) in [4.78, 5) is 0. The van der Waals surface area contributed by atoms with Crippen LogP contribution in [0.3, 0.4) is 0 Å². The summed E-state index contributed by atoms with van der Waals surface area (Å²) in [6.45, 7) is 0. The first-order chi connectivity index (χ1) is 9.21. The molecule has 0 amide bonds. The number of likely N-dealkylation sites (N-methyl/N-ethyl adjacent to an activating group) is 1. The Hall–Kier alpha value is -1.88. The van der Waals surface area contributed by atoms with Crippen molar-refractivity contribution >= 4 is 0 Å². The van der Waals surface area contributed by atoms with Crippen molar-refractivity contribution < 1.29 is 4.74 Å². The number of rotatable bonds is 6. The van der Waals surface area contributed by atoms with E-state index in [1.165, 1.54) is 5.56 Å². The fourth-order valence-corrected chi connectivity index (χ4v) is 2.10. The van der Waals surface area contributed by atoms with Crippen molar-refractivity contribution in [3.8, 4) is 5.75 Å². The Kier molecular flexibility index (Phi) is 4.52. The van der Waals surface area contributed by atoms with Crippen LogP contribution in [0.2, 0.25) is 0 Å². The van der Waals surface area contributed by atoms with E-state index in [0.29, 0.717) is 6.04 Å². The fraction of sp³-hybridized carbons (Fsp3) is 0.429. The lowest BCUT2D eigenvalue weighted by Gasteiger charge is -2.15. The van der Waals surface area contributed by atoms with Gasteiger partial charge in [0.25, 0.3) is 0 Å². The van der Waals surface area contributed by atoms with Gasteiger partial charge in [-0.15, -0.1) is 5.10 Å². The van der Waals surface area contributed by atoms with Gasteiger partial charge in [-0.1, -0.05) is 17.3 Å². The molecule has 0 aliphatic heterocycles. The van der Waals surface area contributed by atoms with Crippen LogP contribution >= 0.6 is 0 Å². The zero-order valence-electron chi connectivity index (χ0n) is 11.6. The van der Waals surface area contributed by atoms with Gasteiger partial charge in [-0.05, 0) is 31.2 Å². The van der Waals surface area contributed by atoms with Gasteiger partial charge in [0.1, 0.15) is 5.75 Å². The molecule has 1 heterocycles. The van der Waals surface area contributed by atoms with E-state index >= 15 is 0 Å². The number of aromatic nitrogens is 3. The summed E-state index contributed by atoms with van der Waals surface area (Å²) in [6.07, 6.45) is 3.75. The van der Waals surface area contributed by atoms with Crippen molar-refractivity contribution in [2.75, 3.05) is 14.2 Å². The number of nitrogens with one attached hydrogen (secondary N) is 1. The highest BCUT2D eigenvalue weighted by atomic mass is 16.5. The molecule has 1 unspecified atom stereocenters. The molecule has 0 fully saturated rings. The van der Waals surface area contributed by atoms with Crippen LogP contribution in [0, 0.1) is 0 Å². The van der Waals surface area contributed by atoms with Crippen LogP contribution in [0.5, 0.6) is 5.75 Å². The summed E-state index contributed by atoms with van der Waals surface area (Å²) in [5, 5.41) is 11.4. The second-order valence-electron chi connectivity index (χ2n) is 4.63. The summed E-state index contributed by atoms with van der Waals surface area (Å²) < 4.78 is 6.98. The van der Waals surface area contributed by atoms with Gasteiger partial charge in [0.05, 0.1) is 12.8 Å². The van der Waals surface area contributed by atoms with E-state index in [1.807, 2.05) is 32.4 Å². The highest BCUT2D eigenvalue weighted by Gasteiger charge is 2.11. The Morgan fingerprint density at radius 2 is 2.21 bits per heavy atom. The Bertz CT molecular complexity index is 524. The van der Waals surface area contributed by atoms with E-state index in [0.717, 1.165) is 24.3 Å². The molecule has 5 nitrogen and oxygen atoms in total. The molecule has 0 radical (unpaired) electrons. The minimum Gasteiger partial charge on any atom is -0.497 e. The largest absolute Gasteiger partial charge is 0.497 e. The van der Waals surface area contributed by atoms with E-state index in [4.69, 9.17) is 4.74 Å². The number of aryl methyl sites for hydroxylation is 1. The lowest BCUT2D eigenvalue weighted by Crippen LogP contribution is -2.30. The van der Waals surface area contributed by atoms with E-state index in [-0.39, 0.29) is 0 Å².